The maximum absolute atomic E-state index is 12.9. The van der Waals surface area contributed by atoms with E-state index >= 15 is 0 Å². The van der Waals surface area contributed by atoms with E-state index in [1.165, 1.54) is 23.1 Å². The van der Waals surface area contributed by atoms with Gasteiger partial charge in [0.05, 0.1) is 16.5 Å². The lowest BCUT2D eigenvalue weighted by atomic mass is 9.95. The zero-order valence-corrected chi connectivity index (χ0v) is 18.7. The number of hydrogen-bond acceptors (Lipinski definition) is 6. The van der Waals surface area contributed by atoms with Gasteiger partial charge >= 0.3 is 0 Å². The van der Waals surface area contributed by atoms with Crippen LogP contribution in [-0.4, -0.2) is 58.7 Å². The van der Waals surface area contributed by atoms with Crippen LogP contribution in [-0.2, 0) is 9.59 Å². The summed E-state index contributed by atoms with van der Waals surface area (Å²) in [4.78, 5) is 39.9. The van der Waals surface area contributed by atoms with Crippen molar-refractivity contribution >= 4 is 39.1 Å². The van der Waals surface area contributed by atoms with Crippen LogP contribution in [0.5, 0.6) is 0 Å². The summed E-state index contributed by atoms with van der Waals surface area (Å²) in [5.41, 5.74) is 0.555. The number of benzene rings is 2. The SMILES string of the molecule is CN(C)CCCN1C(=O)C(=O)/C(=C(\O)c2ccc(Br)cc2)C1c1cccc([N+](=O)[O-])c1. The minimum Gasteiger partial charge on any atom is -0.507 e. The van der Waals surface area contributed by atoms with Crippen molar-refractivity contribution in [2.24, 2.45) is 0 Å². The molecule has 1 unspecified atom stereocenters. The molecule has 1 aliphatic heterocycles. The molecule has 1 amide bonds. The van der Waals surface area contributed by atoms with Crippen LogP contribution in [0.1, 0.15) is 23.6 Å². The van der Waals surface area contributed by atoms with E-state index in [-0.39, 0.29) is 23.6 Å². The molecule has 2 aromatic rings. The van der Waals surface area contributed by atoms with Crippen LogP contribution in [0.25, 0.3) is 5.76 Å². The first kappa shape index (κ1) is 22.6. The van der Waals surface area contributed by atoms with Gasteiger partial charge in [-0.05, 0) is 44.8 Å². The molecule has 0 saturated carbocycles. The second-order valence-electron chi connectivity index (χ2n) is 7.51. The molecule has 0 aliphatic carbocycles. The first-order valence-electron chi connectivity index (χ1n) is 9.64. The van der Waals surface area contributed by atoms with Gasteiger partial charge in [0.15, 0.2) is 0 Å². The number of Topliss-reactive ketones (excluding diaryl/α,β-unsaturated/α-hetero) is 1. The number of aliphatic hydroxyl groups is 1. The summed E-state index contributed by atoms with van der Waals surface area (Å²) in [6.45, 7) is 0.963. The fraction of sp³-hybridized carbons (Fsp3) is 0.273. The Labute approximate surface area is 188 Å². The number of ketones is 1. The van der Waals surface area contributed by atoms with Gasteiger partial charge in [-0.3, -0.25) is 19.7 Å². The topological polar surface area (TPSA) is 104 Å². The van der Waals surface area contributed by atoms with E-state index in [0.717, 1.165) is 4.47 Å². The van der Waals surface area contributed by atoms with E-state index in [0.29, 0.717) is 24.1 Å². The van der Waals surface area contributed by atoms with Crippen LogP contribution >= 0.6 is 15.9 Å². The number of nitro groups is 1. The summed E-state index contributed by atoms with van der Waals surface area (Å²) in [6.07, 6.45) is 0.601. The lowest BCUT2D eigenvalue weighted by Crippen LogP contribution is -2.32. The Morgan fingerprint density at radius 2 is 1.87 bits per heavy atom. The van der Waals surface area contributed by atoms with Crippen molar-refractivity contribution in [2.45, 2.75) is 12.5 Å². The van der Waals surface area contributed by atoms with Gasteiger partial charge in [-0.2, -0.15) is 0 Å². The van der Waals surface area contributed by atoms with Gasteiger partial charge < -0.3 is 14.9 Å². The van der Waals surface area contributed by atoms with Crippen LogP contribution in [0, 0.1) is 10.1 Å². The quantitative estimate of drug-likeness (QED) is 0.210. The molecular formula is C22H22BrN3O5. The molecule has 1 N–H and O–H groups in total. The number of non-ortho nitro benzene ring substituents is 1. The number of nitro benzene ring substituents is 1. The van der Waals surface area contributed by atoms with Gasteiger partial charge in [0, 0.05) is 28.7 Å². The van der Waals surface area contributed by atoms with Crippen LogP contribution in [0.2, 0.25) is 0 Å². The molecule has 8 nitrogen and oxygen atoms in total. The molecule has 31 heavy (non-hydrogen) atoms. The molecule has 1 heterocycles. The van der Waals surface area contributed by atoms with Crippen LogP contribution in [0.3, 0.4) is 0 Å². The van der Waals surface area contributed by atoms with Gasteiger partial charge in [-0.1, -0.05) is 40.2 Å². The zero-order chi connectivity index (χ0) is 22.7. The van der Waals surface area contributed by atoms with Crippen molar-refractivity contribution in [1.82, 2.24) is 9.80 Å². The molecule has 3 rings (SSSR count). The molecule has 0 spiro atoms. The zero-order valence-electron chi connectivity index (χ0n) is 17.1. The smallest absolute Gasteiger partial charge is 0.295 e. The summed E-state index contributed by atoms with van der Waals surface area (Å²) in [7, 11) is 3.80. The molecule has 0 bridgehead atoms. The van der Waals surface area contributed by atoms with Crippen molar-refractivity contribution < 1.29 is 19.6 Å². The summed E-state index contributed by atoms with van der Waals surface area (Å²) in [5, 5.41) is 22.2. The predicted octanol–water partition coefficient (Wildman–Crippen LogP) is 3.73. The third kappa shape index (κ3) is 4.83. The fourth-order valence-electron chi connectivity index (χ4n) is 3.59. The molecule has 9 heteroatoms. The first-order chi connectivity index (χ1) is 14.7. The summed E-state index contributed by atoms with van der Waals surface area (Å²) in [6, 6.07) is 11.6. The number of amides is 1. The summed E-state index contributed by atoms with van der Waals surface area (Å²) < 4.78 is 0.795. The molecule has 0 aromatic heterocycles. The van der Waals surface area contributed by atoms with Crippen molar-refractivity contribution in [1.29, 1.82) is 0 Å². The number of carbonyl (C=O) groups is 2. The standard InChI is InChI=1S/C22H22BrN3O5/c1-24(2)11-4-12-25-19(15-5-3-6-17(13-15)26(30)31)18(21(28)22(25)29)20(27)14-7-9-16(23)10-8-14/h3,5-10,13,19,27H,4,11-12H2,1-2H3/b20-18-. The number of hydrogen-bond donors (Lipinski definition) is 1. The maximum Gasteiger partial charge on any atom is 0.295 e. The van der Waals surface area contributed by atoms with E-state index in [4.69, 9.17) is 0 Å². The van der Waals surface area contributed by atoms with Crippen molar-refractivity contribution in [3.63, 3.8) is 0 Å². The number of aliphatic hydroxyl groups excluding tert-OH is 1. The van der Waals surface area contributed by atoms with Gasteiger partial charge in [-0.15, -0.1) is 0 Å². The number of likely N-dealkylation sites (tertiary alicyclic amines) is 1. The predicted molar refractivity (Wildman–Crippen MR) is 119 cm³/mol. The van der Waals surface area contributed by atoms with Gasteiger partial charge in [0.1, 0.15) is 5.76 Å². The monoisotopic (exact) mass is 487 g/mol. The Morgan fingerprint density at radius 3 is 2.48 bits per heavy atom. The average molecular weight is 488 g/mol. The summed E-state index contributed by atoms with van der Waals surface area (Å²) in [5.74, 6) is -1.84. The Hall–Kier alpha value is -3.04. The van der Waals surface area contributed by atoms with E-state index in [1.807, 2.05) is 19.0 Å². The highest BCUT2D eigenvalue weighted by Gasteiger charge is 2.46. The first-order valence-corrected chi connectivity index (χ1v) is 10.4. The Morgan fingerprint density at radius 1 is 1.19 bits per heavy atom. The number of rotatable bonds is 7. The van der Waals surface area contributed by atoms with Gasteiger partial charge in [-0.25, -0.2) is 0 Å². The van der Waals surface area contributed by atoms with Gasteiger partial charge in [0.2, 0.25) is 0 Å². The van der Waals surface area contributed by atoms with Crippen LogP contribution in [0.4, 0.5) is 5.69 Å². The third-order valence-electron chi connectivity index (χ3n) is 5.06. The largest absolute Gasteiger partial charge is 0.507 e. The van der Waals surface area contributed by atoms with Crippen molar-refractivity contribution in [3.8, 4) is 0 Å². The molecule has 1 fully saturated rings. The maximum atomic E-state index is 12.9. The minimum absolute atomic E-state index is 0.0716. The molecule has 2 aromatic carbocycles. The highest BCUT2D eigenvalue weighted by atomic mass is 79.9. The number of nitrogens with zero attached hydrogens (tertiary/aromatic N) is 3. The van der Waals surface area contributed by atoms with Crippen molar-refractivity contribution in [3.05, 3.63) is 79.8 Å². The minimum atomic E-state index is -0.911. The second kappa shape index (κ2) is 9.40. The van der Waals surface area contributed by atoms with E-state index in [2.05, 4.69) is 15.9 Å². The van der Waals surface area contributed by atoms with E-state index in [1.54, 1.807) is 30.3 Å². The third-order valence-corrected chi connectivity index (χ3v) is 5.59. The molecule has 1 aliphatic rings. The van der Waals surface area contributed by atoms with Crippen LogP contribution in [0.15, 0.2) is 58.6 Å². The highest BCUT2D eigenvalue weighted by Crippen LogP contribution is 2.40. The van der Waals surface area contributed by atoms with Crippen molar-refractivity contribution in [2.75, 3.05) is 27.2 Å². The molecule has 162 valence electrons. The second-order valence-corrected chi connectivity index (χ2v) is 8.42. The molecular weight excluding hydrogens is 466 g/mol. The summed E-state index contributed by atoms with van der Waals surface area (Å²) >= 11 is 3.32. The van der Waals surface area contributed by atoms with E-state index < -0.39 is 22.7 Å². The average Bonchev–Trinajstić information content (AvgIpc) is 2.98. The molecule has 1 atom stereocenters. The Bertz CT molecular complexity index is 1050. The van der Waals surface area contributed by atoms with E-state index in [9.17, 15) is 24.8 Å². The van der Waals surface area contributed by atoms with Gasteiger partial charge in [0.25, 0.3) is 17.4 Å². The Balaban J connectivity index is 2.13. The fourth-order valence-corrected chi connectivity index (χ4v) is 3.85. The number of carbonyl (C=O) groups excluding carboxylic acids is 2. The van der Waals surface area contributed by atoms with Crippen LogP contribution < -0.4 is 0 Å². The normalized spacial score (nSPS) is 18.1. The number of halogens is 1. The highest BCUT2D eigenvalue weighted by molar-refractivity contribution is 9.10. The molecule has 1 saturated heterocycles. The lowest BCUT2D eigenvalue weighted by Gasteiger charge is -2.25. The molecule has 0 radical (unpaired) electrons. The lowest BCUT2D eigenvalue weighted by molar-refractivity contribution is -0.384. The Kier molecular flexibility index (Phi) is 6.87.